The molecule has 15 heteroatoms. The minimum Gasteiger partial charge on any atom is -0.485 e. The first-order valence-corrected chi connectivity index (χ1v) is 22.4. The molecule has 1 aliphatic rings. The maximum atomic E-state index is 14.1. The number of rotatable bonds is 18. The second-order valence-electron chi connectivity index (χ2n) is 16.3. The first-order chi connectivity index (χ1) is 33.8. The van der Waals surface area contributed by atoms with Gasteiger partial charge in [0.1, 0.15) is 30.7 Å². The van der Waals surface area contributed by atoms with Crippen molar-refractivity contribution < 1.29 is 66.3 Å². The van der Waals surface area contributed by atoms with Crippen molar-refractivity contribution in [2.24, 2.45) is 0 Å². The summed E-state index contributed by atoms with van der Waals surface area (Å²) in [5.74, 6) is -4.75. The van der Waals surface area contributed by atoms with E-state index >= 15 is 0 Å². The van der Waals surface area contributed by atoms with E-state index in [4.69, 9.17) is 42.3 Å². The minimum atomic E-state index is -1.71. The quantitative estimate of drug-likeness (QED) is 0.0343. The molecular weight excluding hydrogens is 901 g/mol. The molecule has 0 bridgehead atoms. The van der Waals surface area contributed by atoms with E-state index in [1.807, 2.05) is 26.8 Å². The third-order valence-electron chi connectivity index (χ3n) is 10.8. The van der Waals surface area contributed by atoms with Crippen LogP contribution in [-0.4, -0.2) is 73.8 Å². The lowest BCUT2D eigenvalue weighted by molar-refractivity contribution is -0.275. The zero-order chi connectivity index (χ0) is 49.6. The third kappa shape index (κ3) is 13.0. The van der Waals surface area contributed by atoms with Gasteiger partial charge in [0, 0.05) is 13.0 Å². The lowest BCUT2D eigenvalue weighted by Crippen LogP contribution is -2.63. The summed E-state index contributed by atoms with van der Waals surface area (Å²) in [5, 5.41) is 0.226. The van der Waals surface area contributed by atoms with Crippen LogP contribution in [0, 0.1) is 0 Å². The zero-order valence-corrected chi connectivity index (χ0v) is 38.8. The average Bonchev–Trinajstić information content (AvgIpc) is 3.36. The Balaban J connectivity index is 1.30. The van der Waals surface area contributed by atoms with E-state index in [1.54, 1.807) is 84.9 Å². The van der Waals surface area contributed by atoms with Crippen LogP contribution in [0.15, 0.2) is 172 Å². The monoisotopic (exact) mass is 950 g/mol. The second kappa shape index (κ2) is 23.6. The maximum Gasteiger partial charge on any atom is 0.383 e. The Morgan fingerprint density at radius 1 is 0.586 bits per heavy atom. The van der Waals surface area contributed by atoms with Gasteiger partial charge in [-0.1, -0.05) is 90.0 Å². The van der Waals surface area contributed by atoms with Crippen LogP contribution >= 0.6 is 0 Å². The summed E-state index contributed by atoms with van der Waals surface area (Å²) in [6.07, 6.45) is -2.62. The normalized spacial score (nSPS) is 17.6. The van der Waals surface area contributed by atoms with Gasteiger partial charge in [0.15, 0.2) is 18.0 Å². The van der Waals surface area contributed by atoms with E-state index in [2.05, 4.69) is 6.08 Å². The van der Waals surface area contributed by atoms with Crippen LogP contribution < -0.4 is 19.8 Å². The summed E-state index contributed by atoms with van der Waals surface area (Å²) in [4.78, 5) is 81.0. The van der Waals surface area contributed by atoms with Gasteiger partial charge < -0.3 is 42.3 Å². The van der Waals surface area contributed by atoms with Crippen molar-refractivity contribution in [2.75, 3.05) is 13.2 Å². The summed E-state index contributed by atoms with van der Waals surface area (Å²) in [5.41, 5.74) is 1.66. The van der Waals surface area contributed by atoms with E-state index in [1.165, 1.54) is 60.2 Å². The highest BCUT2D eigenvalue weighted by Gasteiger charge is 2.54. The van der Waals surface area contributed by atoms with Crippen molar-refractivity contribution in [2.45, 2.75) is 71.2 Å². The lowest BCUT2D eigenvalue weighted by atomic mass is 9.97. The number of carbonyl (C=O) groups is 5. The second-order valence-corrected chi connectivity index (χ2v) is 16.3. The molecule has 1 aromatic heterocycles. The fraction of sp³-hybridized carbons (Fsp3) is 0.236. The Hall–Kier alpha value is -8.30. The largest absolute Gasteiger partial charge is 0.485 e. The van der Waals surface area contributed by atoms with Gasteiger partial charge >= 0.3 is 35.5 Å². The molecule has 2 heterocycles. The fourth-order valence-corrected chi connectivity index (χ4v) is 7.30. The number of esters is 5. The van der Waals surface area contributed by atoms with Crippen LogP contribution in [0.4, 0.5) is 0 Å². The number of allylic oxidation sites excluding steroid dienone is 3. The Morgan fingerprint density at radius 3 is 1.63 bits per heavy atom. The van der Waals surface area contributed by atoms with Gasteiger partial charge in [-0.15, -0.1) is 0 Å². The molecule has 0 unspecified atom stereocenters. The van der Waals surface area contributed by atoms with Crippen LogP contribution in [-0.2, 0) is 28.5 Å². The topological polar surface area (TPSA) is 189 Å². The molecule has 1 fully saturated rings. The van der Waals surface area contributed by atoms with Gasteiger partial charge in [-0.05, 0) is 100 Å². The summed E-state index contributed by atoms with van der Waals surface area (Å²) in [6, 6.07) is 36.2. The van der Waals surface area contributed by atoms with E-state index < -0.39 is 78.5 Å². The molecule has 5 atom stereocenters. The van der Waals surface area contributed by atoms with Gasteiger partial charge in [-0.3, -0.25) is 4.79 Å². The van der Waals surface area contributed by atoms with E-state index in [9.17, 15) is 28.8 Å². The number of carbonyl (C=O) groups excluding carboxylic acids is 5. The van der Waals surface area contributed by atoms with Crippen molar-refractivity contribution in [3.8, 4) is 17.2 Å². The van der Waals surface area contributed by atoms with Crippen LogP contribution in [0.25, 0.3) is 11.0 Å². The number of hydrogen-bond acceptors (Lipinski definition) is 15. The molecule has 360 valence electrons. The SMILES string of the molecule is CC(=O)Oc1c(OCC=C(C)CCC=C(C)C)c2ccc(O[C@@H]3O[C@H](COC(=O)c4ccccc4)[C@H](OC(=O)c4ccccc4)[C@H](OC(=O)c4ccccc4)[C@H]3OC(=O)c3ccccc3)cc2oc1=O. The number of ether oxygens (including phenoxy) is 8. The van der Waals surface area contributed by atoms with E-state index in [0.717, 1.165) is 25.3 Å². The first-order valence-electron chi connectivity index (χ1n) is 22.4. The molecule has 0 spiro atoms. The number of fused-ring (bicyclic) bond motifs is 1. The highest BCUT2D eigenvalue weighted by atomic mass is 16.7. The molecule has 0 N–H and O–H groups in total. The summed E-state index contributed by atoms with van der Waals surface area (Å²) in [6.45, 7) is 6.56. The average molecular weight is 951 g/mol. The molecule has 15 nitrogen and oxygen atoms in total. The predicted octanol–water partition coefficient (Wildman–Crippen LogP) is 9.43. The Morgan fingerprint density at radius 2 is 1.10 bits per heavy atom. The fourth-order valence-electron chi connectivity index (χ4n) is 7.30. The molecule has 5 aromatic carbocycles. The predicted molar refractivity (Wildman–Crippen MR) is 255 cm³/mol. The molecule has 1 saturated heterocycles. The summed E-state index contributed by atoms with van der Waals surface area (Å²) in [7, 11) is 0. The van der Waals surface area contributed by atoms with Crippen molar-refractivity contribution in [3.05, 3.63) is 195 Å². The minimum absolute atomic E-state index is 0.0193. The Labute approximate surface area is 403 Å². The van der Waals surface area contributed by atoms with Gasteiger partial charge in [0.25, 0.3) is 5.75 Å². The molecule has 0 radical (unpaired) electrons. The number of benzene rings is 5. The maximum absolute atomic E-state index is 14.1. The molecule has 7 rings (SSSR count). The highest BCUT2D eigenvalue weighted by Crippen LogP contribution is 2.37. The van der Waals surface area contributed by atoms with Crippen LogP contribution in [0.5, 0.6) is 17.2 Å². The highest BCUT2D eigenvalue weighted by molar-refractivity contribution is 5.92. The van der Waals surface area contributed by atoms with Gasteiger partial charge in [-0.2, -0.15) is 0 Å². The van der Waals surface area contributed by atoms with Crippen LogP contribution in [0.2, 0.25) is 0 Å². The molecule has 70 heavy (non-hydrogen) atoms. The first kappa shape index (κ1) is 49.6. The molecule has 6 aromatic rings. The van der Waals surface area contributed by atoms with Gasteiger partial charge in [-0.25, -0.2) is 24.0 Å². The summed E-state index contributed by atoms with van der Waals surface area (Å²) >= 11 is 0. The smallest absolute Gasteiger partial charge is 0.383 e. The van der Waals surface area contributed by atoms with Gasteiger partial charge in [0.05, 0.1) is 27.6 Å². The van der Waals surface area contributed by atoms with Crippen molar-refractivity contribution in [1.29, 1.82) is 0 Å². The Bertz CT molecular complexity index is 2910. The third-order valence-corrected chi connectivity index (χ3v) is 10.8. The van der Waals surface area contributed by atoms with Crippen molar-refractivity contribution in [1.82, 2.24) is 0 Å². The molecule has 0 saturated carbocycles. The standard InChI is InChI=1S/C55H50O15/c1-34(2)18-17-19-35(3)30-31-62-45-42-29-28-41(32-43(42)66-54(61)48(45)64-36(4)56)65-55-49(70-53(60)40-26-15-8-16-27-40)47(69-52(59)39-24-13-7-14-25-39)46(68-51(58)38-22-11-6-12-23-38)44(67-55)33-63-50(57)37-20-9-5-10-21-37/h5-16,18,20-30,32,44,46-47,49,55H,17,19,31,33H2,1-4H3/t44-,46+,47+,49-,55-/m1/s1. The molecule has 0 aliphatic carbocycles. The van der Waals surface area contributed by atoms with Gasteiger partial charge in [0.2, 0.25) is 12.4 Å². The van der Waals surface area contributed by atoms with E-state index in [-0.39, 0.29) is 51.3 Å². The summed E-state index contributed by atoms with van der Waals surface area (Å²) < 4.78 is 54.1. The van der Waals surface area contributed by atoms with Crippen molar-refractivity contribution in [3.63, 3.8) is 0 Å². The molecule has 1 aliphatic heterocycles. The van der Waals surface area contributed by atoms with Crippen molar-refractivity contribution >= 4 is 40.8 Å². The molecular formula is C55H50O15. The van der Waals surface area contributed by atoms with Crippen LogP contribution in [0.3, 0.4) is 0 Å². The van der Waals surface area contributed by atoms with Crippen LogP contribution in [0.1, 0.15) is 82.0 Å². The zero-order valence-electron chi connectivity index (χ0n) is 38.8. The molecule has 0 amide bonds. The van der Waals surface area contributed by atoms with E-state index in [0.29, 0.717) is 0 Å². The lowest BCUT2D eigenvalue weighted by Gasteiger charge is -2.44. The number of hydrogen-bond donors (Lipinski definition) is 0. The Kier molecular flexibility index (Phi) is 16.7.